The highest BCUT2D eigenvalue weighted by Gasteiger charge is 2.23. The molecule has 1 fully saturated rings. The molecule has 0 saturated heterocycles. The van der Waals surface area contributed by atoms with Crippen LogP contribution in [0.15, 0.2) is 11.1 Å². The van der Waals surface area contributed by atoms with Crippen molar-refractivity contribution in [3.05, 3.63) is 11.1 Å². The molecule has 2 unspecified atom stereocenters. The maximum Gasteiger partial charge on any atom is 0.331 e. The maximum atomic E-state index is 10.8. The molecule has 1 N–H and O–H groups in total. The van der Waals surface area contributed by atoms with E-state index >= 15 is 0 Å². The Morgan fingerprint density at radius 2 is 2.00 bits per heavy atom. The molecule has 0 radical (unpaired) electrons. The van der Waals surface area contributed by atoms with Gasteiger partial charge in [0.15, 0.2) is 0 Å². The molecule has 0 aromatic heterocycles. The number of carboxylic acid groups (broad SMARTS) is 1. The van der Waals surface area contributed by atoms with Crippen LogP contribution in [0.5, 0.6) is 0 Å². The van der Waals surface area contributed by atoms with Gasteiger partial charge in [-0.05, 0) is 38.0 Å². The van der Waals surface area contributed by atoms with E-state index < -0.39 is 5.97 Å². The smallest absolute Gasteiger partial charge is 0.331 e. The molecule has 2 atom stereocenters. The molecule has 0 spiro atoms. The van der Waals surface area contributed by atoms with Crippen molar-refractivity contribution in [3.63, 3.8) is 0 Å². The Balaban J connectivity index is 2.87. The zero-order valence-electron chi connectivity index (χ0n) is 8.63. The summed E-state index contributed by atoms with van der Waals surface area (Å²) in [5, 5.41) is 8.88. The summed E-state index contributed by atoms with van der Waals surface area (Å²) in [6.07, 6.45) is 3.35. The van der Waals surface area contributed by atoms with Crippen LogP contribution in [0.3, 0.4) is 0 Å². The molecule has 74 valence electrons. The fraction of sp³-hybridized carbons (Fsp3) is 0.727. The summed E-state index contributed by atoms with van der Waals surface area (Å²) in [5.74, 6) is 0.365. The molecule has 1 saturated carbocycles. The van der Waals surface area contributed by atoms with Gasteiger partial charge in [0.1, 0.15) is 0 Å². The first-order chi connectivity index (χ1) is 6.02. The lowest BCUT2D eigenvalue weighted by Gasteiger charge is -2.27. The monoisotopic (exact) mass is 182 g/mol. The predicted molar refractivity (Wildman–Crippen MR) is 52.5 cm³/mol. The number of allylic oxidation sites excluding steroid dienone is 1. The SMILES string of the molecule is C/C(C(=O)O)=C1/CC(C)CCC1C. The second kappa shape index (κ2) is 3.95. The highest BCUT2D eigenvalue weighted by molar-refractivity contribution is 5.86. The van der Waals surface area contributed by atoms with E-state index in [2.05, 4.69) is 13.8 Å². The molecule has 1 rings (SSSR count). The number of hydrogen-bond acceptors (Lipinski definition) is 1. The minimum atomic E-state index is -0.754. The van der Waals surface area contributed by atoms with Crippen LogP contribution in [0.4, 0.5) is 0 Å². The van der Waals surface area contributed by atoms with E-state index in [0.29, 0.717) is 17.4 Å². The first-order valence-electron chi connectivity index (χ1n) is 4.95. The summed E-state index contributed by atoms with van der Waals surface area (Å²) in [5.41, 5.74) is 1.73. The van der Waals surface area contributed by atoms with Crippen LogP contribution in [0.2, 0.25) is 0 Å². The first-order valence-corrected chi connectivity index (χ1v) is 4.95. The summed E-state index contributed by atoms with van der Waals surface area (Å²) in [6.45, 7) is 6.06. The second-order valence-electron chi connectivity index (χ2n) is 4.24. The minimum absolute atomic E-state index is 0.465. The molecule has 0 aromatic carbocycles. The van der Waals surface area contributed by atoms with Crippen molar-refractivity contribution >= 4 is 5.97 Å². The van der Waals surface area contributed by atoms with Crippen molar-refractivity contribution in [2.75, 3.05) is 0 Å². The van der Waals surface area contributed by atoms with Crippen LogP contribution in [0.1, 0.15) is 40.0 Å². The molecule has 0 amide bonds. The Bertz CT molecular complexity index is 240. The lowest BCUT2D eigenvalue weighted by Crippen LogP contribution is -2.16. The average molecular weight is 182 g/mol. The molecule has 0 aromatic rings. The molecule has 0 heterocycles. The fourth-order valence-electron chi connectivity index (χ4n) is 2.05. The van der Waals surface area contributed by atoms with Gasteiger partial charge in [-0.2, -0.15) is 0 Å². The van der Waals surface area contributed by atoms with Gasteiger partial charge in [-0.15, -0.1) is 0 Å². The van der Waals surface area contributed by atoms with E-state index in [0.717, 1.165) is 18.4 Å². The number of carboxylic acids is 1. The van der Waals surface area contributed by atoms with Crippen LogP contribution in [-0.2, 0) is 4.79 Å². The molecular formula is C11H18O2. The van der Waals surface area contributed by atoms with Gasteiger partial charge < -0.3 is 5.11 Å². The first kappa shape index (κ1) is 10.3. The van der Waals surface area contributed by atoms with Crippen molar-refractivity contribution in [2.24, 2.45) is 11.8 Å². The number of hydrogen-bond donors (Lipinski definition) is 1. The highest BCUT2D eigenvalue weighted by atomic mass is 16.4. The van der Waals surface area contributed by atoms with E-state index in [1.54, 1.807) is 6.92 Å². The van der Waals surface area contributed by atoms with Crippen LogP contribution in [0.25, 0.3) is 0 Å². The van der Waals surface area contributed by atoms with Gasteiger partial charge >= 0.3 is 5.97 Å². The van der Waals surface area contributed by atoms with E-state index in [4.69, 9.17) is 5.11 Å². The van der Waals surface area contributed by atoms with Crippen molar-refractivity contribution in [1.29, 1.82) is 0 Å². The zero-order chi connectivity index (χ0) is 10.0. The van der Waals surface area contributed by atoms with E-state index in [1.807, 2.05) is 0 Å². The fourth-order valence-corrected chi connectivity index (χ4v) is 2.05. The average Bonchev–Trinajstić information content (AvgIpc) is 2.08. The maximum absolute atomic E-state index is 10.8. The summed E-state index contributed by atoms with van der Waals surface area (Å²) in [6, 6.07) is 0. The third-order valence-electron chi connectivity index (χ3n) is 3.06. The number of aliphatic carboxylic acids is 1. The summed E-state index contributed by atoms with van der Waals surface area (Å²) in [4.78, 5) is 10.8. The quantitative estimate of drug-likeness (QED) is 0.633. The van der Waals surface area contributed by atoms with Gasteiger partial charge in [0.05, 0.1) is 0 Å². The Morgan fingerprint density at radius 1 is 1.38 bits per heavy atom. The molecule has 2 nitrogen and oxygen atoms in total. The van der Waals surface area contributed by atoms with Crippen LogP contribution in [0, 0.1) is 11.8 Å². The van der Waals surface area contributed by atoms with Gasteiger partial charge in [0.2, 0.25) is 0 Å². The predicted octanol–water partition coefficient (Wildman–Crippen LogP) is 2.84. The van der Waals surface area contributed by atoms with Crippen molar-refractivity contribution in [3.8, 4) is 0 Å². The van der Waals surface area contributed by atoms with Gasteiger partial charge in [-0.25, -0.2) is 4.79 Å². The largest absolute Gasteiger partial charge is 0.478 e. The van der Waals surface area contributed by atoms with E-state index in [1.165, 1.54) is 6.42 Å². The van der Waals surface area contributed by atoms with E-state index in [9.17, 15) is 4.79 Å². The molecule has 13 heavy (non-hydrogen) atoms. The Morgan fingerprint density at radius 3 is 2.54 bits per heavy atom. The van der Waals surface area contributed by atoms with Gasteiger partial charge in [-0.1, -0.05) is 19.4 Å². The molecule has 0 bridgehead atoms. The Kier molecular flexibility index (Phi) is 3.12. The van der Waals surface area contributed by atoms with Crippen molar-refractivity contribution in [2.45, 2.75) is 40.0 Å². The van der Waals surface area contributed by atoms with Crippen LogP contribution < -0.4 is 0 Å². The standard InChI is InChI=1S/C11H18O2/c1-7-4-5-8(2)10(6-7)9(3)11(12)13/h7-8H,4-6H2,1-3H3,(H,12,13)/b10-9+. The molecule has 2 heteroatoms. The molecule has 0 aliphatic heterocycles. The molecule has 1 aliphatic carbocycles. The lowest BCUT2D eigenvalue weighted by molar-refractivity contribution is -0.132. The second-order valence-corrected chi connectivity index (χ2v) is 4.24. The summed E-state index contributed by atoms with van der Waals surface area (Å²) < 4.78 is 0. The topological polar surface area (TPSA) is 37.3 Å². The zero-order valence-corrected chi connectivity index (χ0v) is 8.63. The summed E-state index contributed by atoms with van der Waals surface area (Å²) in [7, 11) is 0. The van der Waals surface area contributed by atoms with Crippen LogP contribution >= 0.6 is 0 Å². The Hall–Kier alpha value is -0.790. The normalized spacial score (nSPS) is 32.8. The van der Waals surface area contributed by atoms with Crippen molar-refractivity contribution < 1.29 is 9.90 Å². The number of rotatable bonds is 1. The minimum Gasteiger partial charge on any atom is -0.478 e. The Labute approximate surface area is 79.6 Å². The number of carbonyl (C=O) groups is 1. The van der Waals surface area contributed by atoms with Gasteiger partial charge in [0.25, 0.3) is 0 Å². The molecule has 1 aliphatic rings. The van der Waals surface area contributed by atoms with Gasteiger partial charge in [-0.3, -0.25) is 0 Å². The molecular weight excluding hydrogens is 164 g/mol. The third-order valence-corrected chi connectivity index (χ3v) is 3.06. The lowest BCUT2D eigenvalue weighted by atomic mass is 9.78. The summed E-state index contributed by atoms with van der Waals surface area (Å²) >= 11 is 0. The van der Waals surface area contributed by atoms with Crippen LogP contribution in [-0.4, -0.2) is 11.1 Å². The third kappa shape index (κ3) is 2.33. The van der Waals surface area contributed by atoms with Crippen molar-refractivity contribution in [1.82, 2.24) is 0 Å². The van der Waals surface area contributed by atoms with Gasteiger partial charge in [0, 0.05) is 5.57 Å². The van der Waals surface area contributed by atoms with E-state index in [-0.39, 0.29) is 0 Å². The highest BCUT2D eigenvalue weighted by Crippen LogP contribution is 2.34.